The molecule has 2 N–H and O–H groups in total. The third kappa shape index (κ3) is 3.15. The number of hydrogen-bond acceptors (Lipinski definition) is 1. The Balaban J connectivity index is 3.36. The third-order valence-corrected chi connectivity index (χ3v) is 1.66. The Morgan fingerprint density at radius 1 is 1.57 bits per heavy atom. The standard InChI is InChI=1S/C4H9Cl2N/c1-2-4(5,6)3-7/h2-3,7H2,1H3. The van der Waals surface area contributed by atoms with Crippen LogP contribution in [0.25, 0.3) is 0 Å². The van der Waals surface area contributed by atoms with E-state index in [0.717, 1.165) is 0 Å². The molecule has 0 aromatic carbocycles. The number of rotatable bonds is 2. The second-order valence-corrected chi connectivity index (χ2v) is 3.05. The molecule has 0 saturated heterocycles. The van der Waals surface area contributed by atoms with E-state index in [2.05, 4.69) is 0 Å². The van der Waals surface area contributed by atoms with Gasteiger partial charge in [-0.25, -0.2) is 0 Å². The van der Waals surface area contributed by atoms with E-state index in [4.69, 9.17) is 28.9 Å². The van der Waals surface area contributed by atoms with Crippen molar-refractivity contribution < 1.29 is 0 Å². The topological polar surface area (TPSA) is 26.0 Å². The molecule has 0 aromatic heterocycles. The maximum atomic E-state index is 5.55. The fourth-order valence-corrected chi connectivity index (χ4v) is 0.144. The lowest BCUT2D eigenvalue weighted by Crippen LogP contribution is -2.23. The van der Waals surface area contributed by atoms with Crippen molar-refractivity contribution in [1.82, 2.24) is 0 Å². The van der Waals surface area contributed by atoms with Crippen molar-refractivity contribution in [2.45, 2.75) is 17.7 Å². The van der Waals surface area contributed by atoms with E-state index in [1.165, 1.54) is 0 Å². The lowest BCUT2D eigenvalue weighted by atomic mass is 10.3. The van der Waals surface area contributed by atoms with Gasteiger partial charge in [-0.15, -0.1) is 23.2 Å². The van der Waals surface area contributed by atoms with Gasteiger partial charge < -0.3 is 5.73 Å². The van der Waals surface area contributed by atoms with Crippen molar-refractivity contribution in [1.29, 1.82) is 0 Å². The third-order valence-electron chi connectivity index (χ3n) is 0.816. The summed E-state index contributed by atoms with van der Waals surface area (Å²) in [5.74, 6) is 0. The molecule has 0 spiro atoms. The van der Waals surface area contributed by atoms with E-state index in [1.54, 1.807) is 0 Å². The summed E-state index contributed by atoms with van der Waals surface area (Å²) in [4.78, 5) is 0. The molecular formula is C4H9Cl2N. The largest absolute Gasteiger partial charge is 0.328 e. The molecular weight excluding hydrogens is 133 g/mol. The smallest absolute Gasteiger partial charge is 0.130 e. The van der Waals surface area contributed by atoms with Crippen LogP contribution in [0.3, 0.4) is 0 Å². The molecule has 3 heteroatoms. The van der Waals surface area contributed by atoms with Gasteiger partial charge in [0, 0.05) is 6.54 Å². The molecule has 44 valence electrons. The van der Waals surface area contributed by atoms with Gasteiger partial charge in [0.2, 0.25) is 0 Å². The Kier molecular flexibility index (Phi) is 2.96. The summed E-state index contributed by atoms with van der Waals surface area (Å²) in [6.45, 7) is 2.22. The molecule has 0 atom stereocenters. The van der Waals surface area contributed by atoms with Crippen molar-refractivity contribution >= 4 is 23.2 Å². The fourth-order valence-electron chi connectivity index (χ4n) is 0.144. The Bertz CT molecular complexity index is 47.7. The molecule has 0 radical (unpaired) electrons. The Morgan fingerprint density at radius 2 is 2.00 bits per heavy atom. The molecule has 0 saturated carbocycles. The van der Waals surface area contributed by atoms with E-state index in [-0.39, 0.29) is 0 Å². The van der Waals surface area contributed by atoms with Gasteiger partial charge in [-0.2, -0.15) is 0 Å². The predicted molar refractivity (Wildman–Crippen MR) is 33.8 cm³/mol. The van der Waals surface area contributed by atoms with Crippen LogP contribution in [0.1, 0.15) is 13.3 Å². The van der Waals surface area contributed by atoms with Crippen LogP contribution in [0.15, 0.2) is 0 Å². The van der Waals surface area contributed by atoms with Crippen molar-refractivity contribution in [3.05, 3.63) is 0 Å². The molecule has 0 rings (SSSR count). The first kappa shape index (κ1) is 7.54. The van der Waals surface area contributed by atoms with Gasteiger partial charge in [0.05, 0.1) is 0 Å². The second kappa shape index (κ2) is 2.75. The SMILES string of the molecule is CCC(Cl)(Cl)CN. The molecule has 0 unspecified atom stereocenters. The zero-order valence-electron chi connectivity index (χ0n) is 4.25. The van der Waals surface area contributed by atoms with E-state index in [0.29, 0.717) is 13.0 Å². The normalized spacial score (nSPS) is 12.0. The minimum atomic E-state index is -0.694. The zero-order valence-corrected chi connectivity index (χ0v) is 5.76. The first-order valence-electron chi connectivity index (χ1n) is 2.20. The highest BCUT2D eigenvalue weighted by molar-refractivity contribution is 6.48. The average molecular weight is 142 g/mol. The number of alkyl halides is 2. The Labute approximate surface area is 53.8 Å². The quantitative estimate of drug-likeness (QED) is 0.581. The van der Waals surface area contributed by atoms with Crippen molar-refractivity contribution in [2.75, 3.05) is 6.54 Å². The van der Waals surface area contributed by atoms with Gasteiger partial charge in [-0.3, -0.25) is 0 Å². The summed E-state index contributed by atoms with van der Waals surface area (Å²) in [5.41, 5.74) is 5.15. The fraction of sp³-hybridized carbons (Fsp3) is 1.00. The maximum absolute atomic E-state index is 5.55. The Morgan fingerprint density at radius 3 is 2.00 bits per heavy atom. The summed E-state index contributed by atoms with van der Waals surface area (Å²) >= 11 is 11.1. The van der Waals surface area contributed by atoms with Crippen LogP contribution in [0, 0.1) is 0 Å². The highest BCUT2D eigenvalue weighted by Gasteiger charge is 2.17. The molecule has 0 heterocycles. The van der Waals surface area contributed by atoms with E-state index < -0.39 is 4.33 Å². The molecule has 7 heavy (non-hydrogen) atoms. The minimum Gasteiger partial charge on any atom is -0.328 e. The molecule has 0 aliphatic rings. The van der Waals surface area contributed by atoms with Crippen molar-refractivity contribution in [3.63, 3.8) is 0 Å². The van der Waals surface area contributed by atoms with Gasteiger partial charge in [0.25, 0.3) is 0 Å². The molecule has 0 amide bonds. The summed E-state index contributed by atoms with van der Waals surface area (Å²) in [7, 11) is 0. The zero-order chi connectivity index (χ0) is 5.91. The minimum absolute atomic E-state index is 0.326. The summed E-state index contributed by atoms with van der Waals surface area (Å²) in [6, 6.07) is 0. The summed E-state index contributed by atoms with van der Waals surface area (Å²) < 4.78 is -0.694. The number of hydrogen-bond donors (Lipinski definition) is 1. The molecule has 0 bridgehead atoms. The molecule has 0 aliphatic heterocycles. The van der Waals surface area contributed by atoms with Gasteiger partial charge in [0.15, 0.2) is 0 Å². The summed E-state index contributed by atoms with van der Waals surface area (Å²) in [6.07, 6.45) is 0.701. The van der Waals surface area contributed by atoms with E-state index >= 15 is 0 Å². The molecule has 0 aliphatic carbocycles. The van der Waals surface area contributed by atoms with Gasteiger partial charge in [-0.1, -0.05) is 6.92 Å². The summed E-state index contributed by atoms with van der Waals surface area (Å²) in [5, 5.41) is 0. The highest BCUT2D eigenvalue weighted by Crippen LogP contribution is 2.22. The van der Waals surface area contributed by atoms with Crippen LogP contribution >= 0.6 is 23.2 Å². The number of nitrogens with two attached hydrogens (primary N) is 1. The lowest BCUT2D eigenvalue weighted by Gasteiger charge is -2.11. The van der Waals surface area contributed by atoms with Gasteiger partial charge in [-0.05, 0) is 6.42 Å². The van der Waals surface area contributed by atoms with Crippen LogP contribution in [0.4, 0.5) is 0 Å². The van der Waals surface area contributed by atoms with Crippen LogP contribution in [-0.2, 0) is 0 Å². The van der Waals surface area contributed by atoms with Crippen molar-refractivity contribution in [3.8, 4) is 0 Å². The monoisotopic (exact) mass is 141 g/mol. The van der Waals surface area contributed by atoms with E-state index in [9.17, 15) is 0 Å². The van der Waals surface area contributed by atoms with Crippen LogP contribution in [0.5, 0.6) is 0 Å². The molecule has 0 aromatic rings. The van der Waals surface area contributed by atoms with Gasteiger partial charge >= 0.3 is 0 Å². The van der Waals surface area contributed by atoms with E-state index in [1.807, 2.05) is 6.92 Å². The van der Waals surface area contributed by atoms with Crippen LogP contribution in [0.2, 0.25) is 0 Å². The first-order valence-corrected chi connectivity index (χ1v) is 2.96. The highest BCUT2D eigenvalue weighted by atomic mass is 35.5. The predicted octanol–water partition coefficient (Wildman–Crippen LogP) is 1.53. The average Bonchev–Trinajstić information content (AvgIpc) is 1.68. The molecule has 0 fully saturated rings. The Hall–Kier alpha value is 0.540. The second-order valence-electron chi connectivity index (χ2n) is 1.41. The first-order chi connectivity index (χ1) is 3.12. The van der Waals surface area contributed by atoms with Crippen LogP contribution in [-0.4, -0.2) is 10.9 Å². The number of halogens is 2. The molecule has 1 nitrogen and oxygen atoms in total. The maximum Gasteiger partial charge on any atom is 0.130 e. The van der Waals surface area contributed by atoms with Crippen molar-refractivity contribution in [2.24, 2.45) is 5.73 Å². The van der Waals surface area contributed by atoms with Crippen LogP contribution < -0.4 is 5.73 Å². The lowest BCUT2D eigenvalue weighted by molar-refractivity contribution is 0.750. The van der Waals surface area contributed by atoms with Gasteiger partial charge in [0.1, 0.15) is 4.33 Å².